The number of benzene rings is 2. The highest BCUT2D eigenvalue weighted by Crippen LogP contribution is 2.39. The van der Waals surface area contributed by atoms with Crippen LogP contribution >= 0.6 is 0 Å². The Hall–Kier alpha value is -2.28. The van der Waals surface area contributed by atoms with Crippen LogP contribution in [0.3, 0.4) is 0 Å². The number of nitrogens with zero attached hydrogens (tertiary/aromatic N) is 1. The molecule has 0 saturated heterocycles. The number of anilines is 2. The minimum Gasteiger partial charge on any atom is -0.314 e. The van der Waals surface area contributed by atoms with Gasteiger partial charge in [0.05, 0.1) is 0 Å². The lowest BCUT2D eigenvalue weighted by atomic mass is 9.97. The maximum atomic E-state index is 2.38. The molecule has 0 spiro atoms. The number of allylic oxidation sites excluding steroid dienone is 3. The third kappa shape index (κ3) is 2.85. The monoisotopic (exact) mass is 289 g/mol. The molecule has 0 N–H and O–H groups in total. The van der Waals surface area contributed by atoms with Gasteiger partial charge in [-0.3, -0.25) is 0 Å². The first-order valence-corrected chi connectivity index (χ1v) is 8.12. The standard InChI is InChI=1S/C21H23N/c1-3-10-18-15-16-21(17(18)2)22(19-11-6-4-7-12-19)20-13-8-5-9-14-20/h4-9,11-17H,3,10H2,1-2H3. The summed E-state index contributed by atoms with van der Waals surface area (Å²) in [6.45, 7) is 4.57. The minimum absolute atomic E-state index is 0.473. The summed E-state index contributed by atoms with van der Waals surface area (Å²) in [6, 6.07) is 21.3. The molecule has 0 fully saturated rings. The summed E-state index contributed by atoms with van der Waals surface area (Å²) >= 11 is 0. The van der Waals surface area contributed by atoms with Crippen LogP contribution in [0.4, 0.5) is 11.4 Å². The van der Waals surface area contributed by atoms with Crippen LogP contribution in [0.1, 0.15) is 26.7 Å². The summed E-state index contributed by atoms with van der Waals surface area (Å²) in [5, 5.41) is 0. The molecule has 1 aliphatic carbocycles. The molecule has 0 radical (unpaired) electrons. The number of hydrogen-bond donors (Lipinski definition) is 0. The number of para-hydroxylation sites is 2. The summed E-state index contributed by atoms with van der Waals surface area (Å²) in [4.78, 5) is 2.38. The molecule has 22 heavy (non-hydrogen) atoms. The van der Waals surface area contributed by atoms with Crippen molar-refractivity contribution in [3.8, 4) is 0 Å². The maximum absolute atomic E-state index is 2.38. The molecule has 2 aromatic carbocycles. The van der Waals surface area contributed by atoms with Crippen molar-refractivity contribution < 1.29 is 0 Å². The minimum atomic E-state index is 0.473. The fourth-order valence-corrected chi connectivity index (χ4v) is 3.13. The van der Waals surface area contributed by atoms with Gasteiger partial charge in [0.25, 0.3) is 0 Å². The molecule has 0 aliphatic heterocycles. The van der Waals surface area contributed by atoms with Crippen LogP contribution in [0.15, 0.2) is 84.1 Å². The molecule has 1 atom stereocenters. The molecule has 0 amide bonds. The van der Waals surface area contributed by atoms with E-state index in [1.807, 2.05) is 0 Å². The lowest BCUT2D eigenvalue weighted by molar-refractivity contribution is 0.727. The molecule has 1 aliphatic rings. The highest BCUT2D eigenvalue weighted by Gasteiger charge is 2.24. The van der Waals surface area contributed by atoms with Gasteiger partial charge in [-0.25, -0.2) is 0 Å². The van der Waals surface area contributed by atoms with Crippen molar-refractivity contribution in [3.05, 3.63) is 84.1 Å². The van der Waals surface area contributed by atoms with E-state index in [0.29, 0.717) is 5.92 Å². The average molecular weight is 289 g/mol. The van der Waals surface area contributed by atoms with Crippen molar-refractivity contribution in [3.63, 3.8) is 0 Å². The van der Waals surface area contributed by atoms with Crippen LogP contribution in [-0.2, 0) is 0 Å². The van der Waals surface area contributed by atoms with Crippen molar-refractivity contribution in [2.75, 3.05) is 4.90 Å². The van der Waals surface area contributed by atoms with Crippen molar-refractivity contribution in [1.29, 1.82) is 0 Å². The molecule has 1 unspecified atom stereocenters. The lowest BCUT2D eigenvalue weighted by Crippen LogP contribution is -2.20. The zero-order valence-electron chi connectivity index (χ0n) is 13.4. The summed E-state index contributed by atoms with van der Waals surface area (Å²) in [5.41, 5.74) is 5.34. The van der Waals surface area contributed by atoms with Crippen molar-refractivity contribution in [1.82, 2.24) is 0 Å². The second-order valence-electron chi connectivity index (χ2n) is 5.81. The molecule has 0 saturated carbocycles. The Balaban J connectivity index is 1.98. The van der Waals surface area contributed by atoms with Crippen molar-refractivity contribution >= 4 is 11.4 Å². The maximum Gasteiger partial charge on any atom is 0.0458 e. The van der Waals surface area contributed by atoms with E-state index in [0.717, 1.165) is 0 Å². The largest absolute Gasteiger partial charge is 0.314 e. The Morgan fingerprint density at radius 1 is 0.818 bits per heavy atom. The summed E-state index contributed by atoms with van der Waals surface area (Å²) in [5.74, 6) is 0.473. The lowest BCUT2D eigenvalue weighted by Gasteiger charge is -2.30. The van der Waals surface area contributed by atoms with E-state index >= 15 is 0 Å². The quantitative estimate of drug-likeness (QED) is 0.644. The van der Waals surface area contributed by atoms with Gasteiger partial charge in [-0.1, -0.05) is 68.3 Å². The van der Waals surface area contributed by atoms with Gasteiger partial charge in [0.15, 0.2) is 0 Å². The van der Waals surface area contributed by atoms with E-state index in [2.05, 4.69) is 91.6 Å². The van der Waals surface area contributed by atoms with Gasteiger partial charge in [-0.15, -0.1) is 0 Å². The van der Waals surface area contributed by atoms with Gasteiger partial charge >= 0.3 is 0 Å². The predicted molar refractivity (Wildman–Crippen MR) is 95.3 cm³/mol. The second kappa shape index (κ2) is 6.65. The van der Waals surface area contributed by atoms with Crippen molar-refractivity contribution in [2.45, 2.75) is 26.7 Å². The summed E-state index contributed by atoms with van der Waals surface area (Å²) < 4.78 is 0. The number of rotatable bonds is 5. The number of hydrogen-bond acceptors (Lipinski definition) is 1. The topological polar surface area (TPSA) is 3.24 Å². The smallest absolute Gasteiger partial charge is 0.0458 e. The Kier molecular flexibility index (Phi) is 4.43. The van der Waals surface area contributed by atoms with Gasteiger partial charge < -0.3 is 4.90 Å². The fraction of sp³-hybridized carbons (Fsp3) is 0.238. The first-order valence-electron chi connectivity index (χ1n) is 8.12. The normalized spacial score (nSPS) is 17.1. The molecule has 0 heterocycles. The van der Waals surface area contributed by atoms with Gasteiger partial charge in [-0.2, -0.15) is 0 Å². The van der Waals surface area contributed by atoms with Gasteiger partial charge in [-0.05, 0) is 36.8 Å². The Morgan fingerprint density at radius 3 is 1.86 bits per heavy atom. The summed E-state index contributed by atoms with van der Waals surface area (Å²) in [6.07, 6.45) is 6.98. The third-order valence-electron chi connectivity index (χ3n) is 4.29. The Morgan fingerprint density at radius 2 is 1.36 bits per heavy atom. The van der Waals surface area contributed by atoms with Crippen LogP contribution in [-0.4, -0.2) is 0 Å². The molecule has 1 nitrogen and oxygen atoms in total. The van der Waals surface area contributed by atoms with Gasteiger partial charge in [0.1, 0.15) is 0 Å². The molecule has 112 valence electrons. The molecule has 0 bridgehead atoms. The van der Waals surface area contributed by atoms with Gasteiger partial charge in [0.2, 0.25) is 0 Å². The molecule has 2 aromatic rings. The van der Waals surface area contributed by atoms with Crippen molar-refractivity contribution in [2.24, 2.45) is 5.92 Å². The molecular weight excluding hydrogens is 266 g/mol. The Bertz CT molecular complexity index is 628. The third-order valence-corrected chi connectivity index (χ3v) is 4.29. The zero-order valence-corrected chi connectivity index (χ0v) is 13.4. The Labute approximate surface area is 133 Å². The van der Waals surface area contributed by atoms with Gasteiger partial charge in [0, 0.05) is 23.0 Å². The molecule has 0 aromatic heterocycles. The average Bonchev–Trinajstić information content (AvgIpc) is 2.92. The van der Waals surface area contributed by atoms with Crippen LogP contribution in [0.5, 0.6) is 0 Å². The van der Waals surface area contributed by atoms with E-state index in [9.17, 15) is 0 Å². The fourth-order valence-electron chi connectivity index (χ4n) is 3.13. The van der Waals surface area contributed by atoms with E-state index in [4.69, 9.17) is 0 Å². The zero-order chi connectivity index (χ0) is 15.4. The molecular formula is C21H23N. The van der Waals surface area contributed by atoms with E-state index < -0.39 is 0 Å². The van der Waals surface area contributed by atoms with E-state index in [1.165, 1.54) is 35.5 Å². The highest BCUT2D eigenvalue weighted by atomic mass is 15.2. The first-order chi connectivity index (χ1) is 10.8. The van der Waals surface area contributed by atoms with Crippen LogP contribution in [0.25, 0.3) is 0 Å². The highest BCUT2D eigenvalue weighted by molar-refractivity contribution is 5.70. The molecule has 1 heteroatoms. The SMILES string of the molecule is CCCC1=CC=C(N(c2ccccc2)c2ccccc2)C1C. The first kappa shape index (κ1) is 14.6. The van der Waals surface area contributed by atoms with Crippen LogP contribution in [0.2, 0.25) is 0 Å². The van der Waals surface area contributed by atoms with Crippen LogP contribution < -0.4 is 4.90 Å². The van der Waals surface area contributed by atoms with E-state index in [-0.39, 0.29) is 0 Å². The predicted octanol–water partition coefficient (Wildman–Crippen LogP) is 6.08. The molecule has 3 rings (SSSR count). The second-order valence-corrected chi connectivity index (χ2v) is 5.81. The summed E-state index contributed by atoms with van der Waals surface area (Å²) in [7, 11) is 0. The van der Waals surface area contributed by atoms with E-state index in [1.54, 1.807) is 0 Å². The van der Waals surface area contributed by atoms with Crippen LogP contribution in [0, 0.1) is 5.92 Å².